The van der Waals surface area contributed by atoms with E-state index in [0.717, 1.165) is 38.3 Å². The molecule has 0 aliphatic rings. The number of para-hydroxylation sites is 2. The lowest BCUT2D eigenvalue weighted by molar-refractivity contribution is 1.32. The molecule has 0 saturated heterocycles. The fourth-order valence-electron chi connectivity index (χ4n) is 2.80. The van der Waals surface area contributed by atoms with E-state index in [1.165, 1.54) is 0 Å². The van der Waals surface area contributed by atoms with Gasteiger partial charge in [0, 0.05) is 16.3 Å². The molecule has 4 rings (SSSR count). The maximum Gasteiger partial charge on any atom is 0.258 e. The number of aryl methyl sites for hydroxylation is 1. The highest BCUT2D eigenvalue weighted by Crippen LogP contribution is 2.28. The van der Waals surface area contributed by atoms with Crippen LogP contribution in [0.5, 0.6) is 0 Å². The standard InChI is InChI=1S/C16H12N2O/c1-9-5-4-7-11-14(9)18-16(19)13-10-6-2-3-8-12(10)17-15(11)13/h2-8,17H,1H3,(H,18,19). The summed E-state index contributed by atoms with van der Waals surface area (Å²) in [6, 6.07) is 14.0. The third kappa shape index (κ3) is 1.30. The second-order valence-corrected chi connectivity index (χ2v) is 4.87. The molecule has 0 fully saturated rings. The van der Waals surface area contributed by atoms with E-state index in [1.807, 2.05) is 49.4 Å². The Hall–Kier alpha value is -2.55. The van der Waals surface area contributed by atoms with Crippen LogP contribution in [0, 0.1) is 6.92 Å². The number of pyridine rings is 1. The van der Waals surface area contributed by atoms with Crippen LogP contribution in [-0.4, -0.2) is 9.97 Å². The Morgan fingerprint density at radius 3 is 2.53 bits per heavy atom. The highest BCUT2D eigenvalue weighted by molar-refractivity contribution is 6.15. The maximum absolute atomic E-state index is 12.3. The van der Waals surface area contributed by atoms with Crippen molar-refractivity contribution in [3.05, 3.63) is 58.4 Å². The minimum Gasteiger partial charge on any atom is -0.354 e. The number of H-pyrrole nitrogens is 2. The van der Waals surface area contributed by atoms with Gasteiger partial charge in [0.2, 0.25) is 0 Å². The minimum absolute atomic E-state index is 0.0331. The monoisotopic (exact) mass is 248 g/mol. The minimum atomic E-state index is -0.0331. The number of benzene rings is 2. The first kappa shape index (κ1) is 10.4. The van der Waals surface area contributed by atoms with Gasteiger partial charge in [-0.1, -0.05) is 36.4 Å². The molecule has 2 heterocycles. The quantitative estimate of drug-likeness (QED) is 0.492. The summed E-state index contributed by atoms with van der Waals surface area (Å²) in [7, 11) is 0. The zero-order chi connectivity index (χ0) is 13.0. The Kier molecular flexibility index (Phi) is 1.90. The number of nitrogens with one attached hydrogen (secondary N) is 2. The number of hydrogen-bond acceptors (Lipinski definition) is 1. The molecular formula is C16H12N2O. The molecule has 0 aliphatic heterocycles. The van der Waals surface area contributed by atoms with Crippen molar-refractivity contribution in [3.8, 4) is 0 Å². The zero-order valence-electron chi connectivity index (χ0n) is 10.4. The van der Waals surface area contributed by atoms with Gasteiger partial charge < -0.3 is 9.97 Å². The van der Waals surface area contributed by atoms with Crippen LogP contribution in [-0.2, 0) is 0 Å². The molecule has 0 radical (unpaired) electrons. The van der Waals surface area contributed by atoms with Gasteiger partial charge in [-0.2, -0.15) is 0 Å². The molecule has 0 aliphatic carbocycles. The molecule has 0 amide bonds. The first-order valence-electron chi connectivity index (χ1n) is 6.28. The van der Waals surface area contributed by atoms with Crippen molar-refractivity contribution in [3.63, 3.8) is 0 Å². The number of aromatic nitrogens is 2. The zero-order valence-corrected chi connectivity index (χ0v) is 10.4. The van der Waals surface area contributed by atoms with Crippen LogP contribution in [0.3, 0.4) is 0 Å². The van der Waals surface area contributed by atoms with Crippen molar-refractivity contribution in [2.45, 2.75) is 6.92 Å². The Balaban J connectivity index is 2.41. The molecule has 2 N–H and O–H groups in total. The van der Waals surface area contributed by atoms with Crippen molar-refractivity contribution in [1.29, 1.82) is 0 Å². The average Bonchev–Trinajstić information content (AvgIpc) is 2.80. The third-order valence-corrected chi connectivity index (χ3v) is 3.71. The van der Waals surface area contributed by atoms with E-state index in [0.29, 0.717) is 0 Å². The lowest BCUT2D eigenvalue weighted by Gasteiger charge is -2.02. The summed E-state index contributed by atoms with van der Waals surface area (Å²) in [6.45, 7) is 2.01. The van der Waals surface area contributed by atoms with Gasteiger partial charge in [-0.25, -0.2) is 0 Å². The number of hydrogen-bond donors (Lipinski definition) is 2. The van der Waals surface area contributed by atoms with Gasteiger partial charge in [0.1, 0.15) is 0 Å². The Bertz CT molecular complexity index is 992. The van der Waals surface area contributed by atoms with Gasteiger partial charge >= 0.3 is 0 Å². The summed E-state index contributed by atoms with van der Waals surface area (Å²) in [5.41, 5.74) is 3.87. The van der Waals surface area contributed by atoms with Gasteiger partial charge in [0.25, 0.3) is 5.56 Å². The van der Waals surface area contributed by atoms with Crippen LogP contribution in [0.25, 0.3) is 32.7 Å². The molecule has 4 aromatic rings. The molecule has 2 aromatic carbocycles. The molecule has 0 unspecified atom stereocenters. The van der Waals surface area contributed by atoms with Crippen molar-refractivity contribution in [2.24, 2.45) is 0 Å². The van der Waals surface area contributed by atoms with Crippen molar-refractivity contribution in [2.75, 3.05) is 0 Å². The molecule has 3 heteroatoms. The van der Waals surface area contributed by atoms with Crippen molar-refractivity contribution in [1.82, 2.24) is 9.97 Å². The number of aromatic amines is 2. The Morgan fingerprint density at radius 1 is 0.842 bits per heavy atom. The third-order valence-electron chi connectivity index (χ3n) is 3.71. The van der Waals surface area contributed by atoms with Gasteiger partial charge in [0.15, 0.2) is 0 Å². The van der Waals surface area contributed by atoms with Gasteiger partial charge in [-0.15, -0.1) is 0 Å². The van der Waals surface area contributed by atoms with E-state index in [-0.39, 0.29) is 5.56 Å². The summed E-state index contributed by atoms with van der Waals surface area (Å²) >= 11 is 0. The second kappa shape index (κ2) is 3.48. The molecule has 0 bridgehead atoms. The van der Waals surface area contributed by atoms with Crippen molar-refractivity contribution < 1.29 is 0 Å². The predicted molar refractivity (Wildman–Crippen MR) is 78.7 cm³/mol. The van der Waals surface area contributed by atoms with Crippen LogP contribution in [0.2, 0.25) is 0 Å². The van der Waals surface area contributed by atoms with Gasteiger partial charge in [0.05, 0.1) is 16.4 Å². The normalized spacial score (nSPS) is 11.6. The molecule has 19 heavy (non-hydrogen) atoms. The van der Waals surface area contributed by atoms with Gasteiger partial charge in [-0.3, -0.25) is 4.79 Å². The SMILES string of the molecule is Cc1cccc2c1[nH]c(=O)c1c3ccccc3[nH]c21. The van der Waals surface area contributed by atoms with Crippen LogP contribution in [0.4, 0.5) is 0 Å². The topological polar surface area (TPSA) is 48.6 Å². The number of rotatable bonds is 0. The lowest BCUT2D eigenvalue weighted by Crippen LogP contribution is -2.06. The molecular weight excluding hydrogens is 236 g/mol. The summed E-state index contributed by atoms with van der Waals surface area (Å²) in [6.07, 6.45) is 0. The van der Waals surface area contributed by atoms with E-state index < -0.39 is 0 Å². The fourth-order valence-corrected chi connectivity index (χ4v) is 2.80. The van der Waals surface area contributed by atoms with E-state index >= 15 is 0 Å². The molecule has 0 spiro atoms. The first-order chi connectivity index (χ1) is 9.25. The summed E-state index contributed by atoms with van der Waals surface area (Å²) < 4.78 is 0. The summed E-state index contributed by atoms with van der Waals surface area (Å²) in [5.74, 6) is 0. The Labute approximate surface area is 108 Å². The lowest BCUT2D eigenvalue weighted by atomic mass is 10.1. The number of fused-ring (bicyclic) bond motifs is 5. The molecule has 92 valence electrons. The van der Waals surface area contributed by atoms with E-state index in [9.17, 15) is 4.79 Å². The van der Waals surface area contributed by atoms with E-state index in [2.05, 4.69) is 9.97 Å². The van der Waals surface area contributed by atoms with Crippen molar-refractivity contribution >= 4 is 32.7 Å². The average molecular weight is 248 g/mol. The van der Waals surface area contributed by atoms with Crippen LogP contribution >= 0.6 is 0 Å². The Morgan fingerprint density at radius 2 is 1.63 bits per heavy atom. The second-order valence-electron chi connectivity index (χ2n) is 4.87. The van der Waals surface area contributed by atoms with Gasteiger partial charge in [-0.05, 0) is 18.6 Å². The van der Waals surface area contributed by atoms with Crippen LogP contribution in [0.15, 0.2) is 47.3 Å². The van der Waals surface area contributed by atoms with Crippen LogP contribution < -0.4 is 5.56 Å². The maximum atomic E-state index is 12.3. The fraction of sp³-hybridized carbons (Fsp3) is 0.0625. The smallest absolute Gasteiger partial charge is 0.258 e. The molecule has 0 atom stereocenters. The highest BCUT2D eigenvalue weighted by atomic mass is 16.1. The summed E-state index contributed by atoms with van der Waals surface area (Å²) in [5, 5.41) is 2.78. The first-order valence-corrected chi connectivity index (χ1v) is 6.28. The highest BCUT2D eigenvalue weighted by Gasteiger charge is 2.11. The summed E-state index contributed by atoms with van der Waals surface area (Å²) in [4.78, 5) is 18.7. The largest absolute Gasteiger partial charge is 0.354 e. The van der Waals surface area contributed by atoms with E-state index in [1.54, 1.807) is 0 Å². The molecule has 2 aromatic heterocycles. The van der Waals surface area contributed by atoms with Crippen LogP contribution in [0.1, 0.15) is 5.56 Å². The molecule has 3 nitrogen and oxygen atoms in total. The van der Waals surface area contributed by atoms with E-state index in [4.69, 9.17) is 0 Å². The predicted octanol–water partition coefficient (Wildman–Crippen LogP) is 3.47. The molecule has 0 saturated carbocycles.